The van der Waals surface area contributed by atoms with Gasteiger partial charge in [0.1, 0.15) is 19.0 Å². The van der Waals surface area contributed by atoms with Crippen LogP contribution in [-0.4, -0.2) is 30.3 Å². The zero-order valence-corrected chi connectivity index (χ0v) is 10.2. The molecule has 0 bridgehead atoms. The maximum Gasteiger partial charge on any atom is 0.330 e. The second-order valence-corrected chi connectivity index (χ2v) is 3.46. The summed E-state index contributed by atoms with van der Waals surface area (Å²) in [4.78, 5) is 22.0. The summed E-state index contributed by atoms with van der Waals surface area (Å²) in [6, 6.07) is 6.34. The van der Waals surface area contributed by atoms with Gasteiger partial charge in [-0.2, -0.15) is 0 Å². The zero-order chi connectivity index (χ0) is 14.1. The molecule has 0 aliphatic carbocycles. The molecule has 0 aliphatic rings. The number of carbonyl (C=O) groups excluding carboxylic acids is 2. The van der Waals surface area contributed by atoms with E-state index in [1.807, 2.05) is 0 Å². The molecule has 0 spiro atoms. The van der Waals surface area contributed by atoms with Crippen molar-refractivity contribution in [2.45, 2.75) is 0 Å². The van der Waals surface area contributed by atoms with E-state index in [0.717, 1.165) is 11.6 Å². The number of phenolic OH excluding ortho intramolecular Hbond substituents is 1. The molecule has 0 heterocycles. The quantitative estimate of drug-likeness (QED) is 0.479. The minimum atomic E-state index is -0.560. The molecule has 0 aromatic heterocycles. The summed E-state index contributed by atoms with van der Waals surface area (Å²) in [7, 11) is 0. The molecule has 0 amide bonds. The highest BCUT2D eigenvalue weighted by molar-refractivity contribution is 5.87. The number of hydrogen-bond acceptors (Lipinski definition) is 5. The van der Waals surface area contributed by atoms with Gasteiger partial charge in [-0.3, -0.25) is 0 Å². The summed E-state index contributed by atoms with van der Waals surface area (Å²) < 4.78 is 9.43. The maximum atomic E-state index is 11.3. The SMILES string of the molecule is C=CC(=O)OCCOC(=O)C=Cc1ccc(O)cc1. The normalized spacial score (nSPS) is 10.1. The molecule has 100 valence electrons. The number of rotatable bonds is 6. The van der Waals surface area contributed by atoms with E-state index in [-0.39, 0.29) is 19.0 Å². The molecular weight excluding hydrogens is 248 g/mol. The van der Waals surface area contributed by atoms with Crippen LogP contribution in [0.15, 0.2) is 43.0 Å². The summed E-state index contributed by atoms with van der Waals surface area (Å²) in [5, 5.41) is 9.08. The Labute approximate surface area is 110 Å². The molecule has 0 saturated carbocycles. The number of esters is 2. The van der Waals surface area contributed by atoms with Crippen LogP contribution in [0.4, 0.5) is 0 Å². The second kappa shape index (κ2) is 7.71. The highest BCUT2D eigenvalue weighted by atomic mass is 16.6. The Hall–Kier alpha value is -2.56. The molecule has 0 saturated heterocycles. The Balaban J connectivity index is 2.29. The Kier molecular flexibility index (Phi) is 5.88. The molecule has 0 aliphatic heterocycles. The van der Waals surface area contributed by atoms with Gasteiger partial charge in [-0.15, -0.1) is 0 Å². The van der Waals surface area contributed by atoms with Crippen molar-refractivity contribution in [3.8, 4) is 5.75 Å². The molecule has 0 fully saturated rings. The van der Waals surface area contributed by atoms with E-state index in [1.165, 1.54) is 18.2 Å². The van der Waals surface area contributed by atoms with E-state index in [4.69, 9.17) is 9.84 Å². The van der Waals surface area contributed by atoms with Gasteiger partial charge < -0.3 is 14.6 Å². The number of carbonyl (C=O) groups is 2. The fourth-order valence-electron chi connectivity index (χ4n) is 1.14. The third-order valence-corrected chi connectivity index (χ3v) is 2.04. The standard InChI is InChI=1S/C14H14O5/c1-2-13(16)18-9-10-19-14(17)8-5-11-3-6-12(15)7-4-11/h2-8,15H,1,9-10H2. The maximum absolute atomic E-state index is 11.3. The first-order valence-electron chi connectivity index (χ1n) is 5.55. The van der Waals surface area contributed by atoms with Gasteiger partial charge in [0.15, 0.2) is 0 Å². The van der Waals surface area contributed by atoms with Crippen LogP contribution in [0, 0.1) is 0 Å². The van der Waals surface area contributed by atoms with Crippen LogP contribution in [0.25, 0.3) is 6.08 Å². The predicted octanol–water partition coefficient (Wildman–Crippen LogP) is 1.68. The summed E-state index contributed by atoms with van der Waals surface area (Å²) in [6.45, 7) is 3.21. The van der Waals surface area contributed by atoms with Gasteiger partial charge in [0.05, 0.1) is 0 Å². The molecule has 1 aromatic carbocycles. The second-order valence-electron chi connectivity index (χ2n) is 3.46. The van der Waals surface area contributed by atoms with Gasteiger partial charge in [-0.1, -0.05) is 18.7 Å². The van der Waals surface area contributed by atoms with Crippen molar-refractivity contribution in [2.24, 2.45) is 0 Å². The van der Waals surface area contributed by atoms with Crippen molar-refractivity contribution in [1.82, 2.24) is 0 Å². The lowest BCUT2D eigenvalue weighted by molar-refractivity contribution is -0.145. The van der Waals surface area contributed by atoms with Crippen LogP contribution in [0.3, 0.4) is 0 Å². The van der Waals surface area contributed by atoms with E-state index in [0.29, 0.717) is 0 Å². The molecule has 5 heteroatoms. The van der Waals surface area contributed by atoms with Crippen molar-refractivity contribution in [1.29, 1.82) is 0 Å². The van der Waals surface area contributed by atoms with Crippen molar-refractivity contribution in [3.63, 3.8) is 0 Å². The van der Waals surface area contributed by atoms with Crippen LogP contribution in [-0.2, 0) is 19.1 Å². The van der Waals surface area contributed by atoms with E-state index in [1.54, 1.807) is 18.2 Å². The minimum Gasteiger partial charge on any atom is -0.508 e. The Morgan fingerprint density at radius 2 is 1.68 bits per heavy atom. The molecule has 0 atom stereocenters. The number of aromatic hydroxyl groups is 1. The van der Waals surface area contributed by atoms with Gasteiger partial charge in [0.2, 0.25) is 0 Å². The fraction of sp³-hybridized carbons (Fsp3) is 0.143. The summed E-state index contributed by atoms with van der Waals surface area (Å²) in [6.07, 6.45) is 3.84. The van der Waals surface area contributed by atoms with Gasteiger partial charge in [0, 0.05) is 12.2 Å². The first kappa shape index (κ1) is 14.5. The number of phenols is 1. The molecule has 0 unspecified atom stereocenters. The highest BCUT2D eigenvalue weighted by Gasteiger charge is 1.99. The van der Waals surface area contributed by atoms with Gasteiger partial charge in [0.25, 0.3) is 0 Å². The molecular formula is C14H14O5. The lowest BCUT2D eigenvalue weighted by Gasteiger charge is -2.02. The predicted molar refractivity (Wildman–Crippen MR) is 69.3 cm³/mol. The summed E-state index contributed by atoms with van der Waals surface area (Å²) >= 11 is 0. The molecule has 1 aromatic rings. The average Bonchev–Trinajstić information content (AvgIpc) is 2.42. The number of hydrogen-bond donors (Lipinski definition) is 1. The third-order valence-electron chi connectivity index (χ3n) is 2.04. The van der Waals surface area contributed by atoms with E-state index in [9.17, 15) is 9.59 Å². The molecule has 0 radical (unpaired) electrons. The van der Waals surface area contributed by atoms with Crippen LogP contribution < -0.4 is 0 Å². The molecule has 5 nitrogen and oxygen atoms in total. The Morgan fingerprint density at radius 1 is 1.11 bits per heavy atom. The van der Waals surface area contributed by atoms with E-state index < -0.39 is 11.9 Å². The van der Waals surface area contributed by atoms with Crippen LogP contribution in [0.1, 0.15) is 5.56 Å². The Bertz CT molecular complexity index is 473. The molecule has 19 heavy (non-hydrogen) atoms. The summed E-state index contributed by atoms with van der Waals surface area (Å²) in [5.74, 6) is -0.942. The van der Waals surface area contributed by atoms with E-state index in [2.05, 4.69) is 11.3 Å². The largest absolute Gasteiger partial charge is 0.508 e. The lowest BCUT2D eigenvalue weighted by Crippen LogP contribution is -2.11. The van der Waals surface area contributed by atoms with Gasteiger partial charge in [-0.25, -0.2) is 9.59 Å². The van der Waals surface area contributed by atoms with Crippen LogP contribution in [0.5, 0.6) is 5.75 Å². The average molecular weight is 262 g/mol. The van der Waals surface area contributed by atoms with Crippen molar-refractivity contribution in [3.05, 3.63) is 48.6 Å². The Morgan fingerprint density at radius 3 is 2.26 bits per heavy atom. The van der Waals surface area contributed by atoms with E-state index >= 15 is 0 Å². The molecule has 1 rings (SSSR count). The molecule has 1 N–H and O–H groups in total. The van der Waals surface area contributed by atoms with Crippen molar-refractivity contribution in [2.75, 3.05) is 13.2 Å². The lowest BCUT2D eigenvalue weighted by atomic mass is 10.2. The third kappa shape index (κ3) is 6.07. The van der Waals surface area contributed by atoms with Crippen molar-refractivity contribution >= 4 is 18.0 Å². The fourth-order valence-corrected chi connectivity index (χ4v) is 1.14. The highest BCUT2D eigenvalue weighted by Crippen LogP contribution is 2.10. The topological polar surface area (TPSA) is 72.8 Å². The van der Waals surface area contributed by atoms with Gasteiger partial charge in [-0.05, 0) is 23.8 Å². The van der Waals surface area contributed by atoms with Gasteiger partial charge >= 0.3 is 11.9 Å². The van der Waals surface area contributed by atoms with Crippen molar-refractivity contribution < 1.29 is 24.2 Å². The van der Waals surface area contributed by atoms with Crippen LogP contribution in [0.2, 0.25) is 0 Å². The summed E-state index contributed by atoms with van der Waals surface area (Å²) in [5.41, 5.74) is 0.757. The number of ether oxygens (including phenoxy) is 2. The zero-order valence-electron chi connectivity index (χ0n) is 10.2. The first-order chi connectivity index (χ1) is 9.11. The number of benzene rings is 1. The first-order valence-corrected chi connectivity index (χ1v) is 5.55. The smallest absolute Gasteiger partial charge is 0.330 e. The monoisotopic (exact) mass is 262 g/mol. The van der Waals surface area contributed by atoms with Crippen LogP contribution >= 0.6 is 0 Å². The minimum absolute atomic E-state index is 0.0103.